The van der Waals surface area contributed by atoms with Crippen LogP contribution in [0.5, 0.6) is 0 Å². The molecule has 2 N–H and O–H groups in total. The Hall–Kier alpha value is -1.94. The van der Waals surface area contributed by atoms with Crippen molar-refractivity contribution < 1.29 is 0 Å². The van der Waals surface area contributed by atoms with Gasteiger partial charge >= 0.3 is 0 Å². The van der Waals surface area contributed by atoms with Crippen molar-refractivity contribution in [3.8, 4) is 0 Å². The van der Waals surface area contributed by atoms with Crippen LogP contribution < -0.4 is 11.3 Å². The molecule has 4 heteroatoms. The van der Waals surface area contributed by atoms with Crippen LogP contribution in [-0.2, 0) is 7.05 Å². The molecule has 4 nitrogen and oxygen atoms in total. The van der Waals surface area contributed by atoms with E-state index in [1.807, 2.05) is 12.1 Å². The van der Waals surface area contributed by atoms with Crippen molar-refractivity contribution >= 4 is 0 Å². The molecule has 0 saturated carbocycles. The lowest BCUT2D eigenvalue weighted by atomic mass is 9.99. The third-order valence-electron chi connectivity index (χ3n) is 3.19. The van der Waals surface area contributed by atoms with Crippen molar-refractivity contribution in [2.24, 2.45) is 12.8 Å². The summed E-state index contributed by atoms with van der Waals surface area (Å²) in [5, 5.41) is 4.18. The highest BCUT2D eigenvalue weighted by Gasteiger charge is 2.11. The van der Waals surface area contributed by atoms with Crippen molar-refractivity contribution in [3.05, 3.63) is 63.1 Å². The highest BCUT2D eigenvalue weighted by atomic mass is 16.1. The maximum Gasteiger partial charge on any atom is 0.266 e. The van der Waals surface area contributed by atoms with Crippen LogP contribution in [0.3, 0.4) is 0 Å². The summed E-state index contributed by atoms with van der Waals surface area (Å²) in [5.74, 6) is 0. The van der Waals surface area contributed by atoms with E-state index >= 15 is 0 Å². The number of nitrogens with two attached hydrogens (primary N) is 1. The van der Waals surface area contributed by atoms with E-state index in [0.717, 1.165) is 5.56 Å². The van der Waals surface area contributed by atoms with Crippen LogP contribution in [0.25, 0.3) is 0 Å². The summed E-state index contributed by atoms with van der Waals surface area (Å²) < 4.78 is 1.30. The lowest BCUT2D eigenvalue weighted by Gasteiger charge is -2.13. The van der Waals surface area contributed by atoms with Crippen molar-refractivity contribution in [2.45, 2.75) is 19.9 Å². The minimum atomic E-state index is -0.309. The van der Waals surface area contributed by atoms with E-state index in [1.54, 1.807) is 13.1 Å². The predicted molar refractivity (Wildman–Crippen MR) is 71.4 cm³/mol. The molecule has 1 aromatic carbocycles. The molecule has 0 bridgehead atoms. The van der Waals surface area contributed by atoms with E-state index in [1.165, 1.54) is 21.9 Å². The van der Waals surface area contributed by atoms with Crippen molar-refractivity contribution in [1.82, 2.24) is 9.78 Å². The summed E-state index contributed by atoms with van der Waals surface area (Å²) in [6.07, 6.45) is 0. The van der Waals surface area contributed by atoms with Gasteiger partial charge < -0.3 is 5.73 Å². The largest absolute Gasteiger partial charge is 0.319 e. The molecule has 0 aliphatic rings. The molecule has 94 valence electrons. The van der Waals surface area contributed by atoms with Crippen molar-refractivity contribution in [1.29, 1.82) is 0 Å². The molecule has 1 aromatic heterocycles. The molecular weight excluding hydrogens is 226 g/mol. The van der Waals surface area contributed by atoms with Gasteiger partial charge in [-0.15, -0.1) is 0 Å². The molecule has 0 spiro atoms. The van der Waals surface area contributed by atoms with Gasteiger partial charge in [0.05, 0.1) is 11.7 Å². The Kier molecular flexibility index (Phi) is 3.30. The Morgan fingerprint density at radius 1 is 1.17 bits per heavy atom. The standard InChI is InChI=1S/C14H17N3O/c1-9-4-5-11(8-10(9)2)14(15)12-6-7-13(18)17(3)16-12/h4-8,14H,15H2,1-3H3. The van der Waals surface area contributed by atoms with E-state index in [-0.39, 0.29) is 11.6 Å². The lowest BCUT2D eigenvalue weighted by molar-refractivity contribution is 0.655. The third kappa shape index (κ3) is 2.33. The molecule has 18 heavy (non-hydrogen) atoms. The van der Waals surface area contributed by atoms with Gasteiger partial charge in [0, 0.05) is 13.1 Å². The number of aromatic nitrogens is 2. The Balaban J connectivity index is 2.40. The second kappa shape index (κ2) is 4.74. The summed E-state index contributed by atoms with van der Waals surface area (Å²) in [6.45, 7) is 4.12. The highest BCUT2D eigenvalue weighted by molar-refractivity contribution is 5.34. The zero-order chi connectivity index (χ0) is 13.3. The van der Waals surface area contributed by atoms with Crippen molar-refractivity contribution in [2.75, 3.05) is 0 Å². The fraction of sp³-hybridized carbons (Fsp3) is 0.286. The minimum absolute atomic E-state index is 0.133. The number of aryl methyl sites for hydroxylation is 3. The van der Waals surface area contributed by atoms with E-state index < -0.39 is 0 Å². The lowest BCUT2D eigenvalue weighted by Crippen LogP contribution is -2.23. The maximum absolute atomic E-state index is 11.3. The zero-order valence-electron chi connectivity index (χ0n) is 10.8. The molecule has 0 amide bonds. The van der Waals surface area contributed by atoms with Crippen LogP contribution >= 0.6 is 0 Å². The smallest absolute Gasteiger partial charge is 0.266 e. The molecule has 0 aliphatic heterocycles. The van der Waals surface area contributed by atoms with Crippen molar-refractivity contribution in [3.63, 3.8) is 0 Å². The van der Waals surface area contributed by atoms with Gasteiger partial charge in [-0.1, -0.05) is 18.2 Å². The molecule has 1 atom stereocenters. The van der Waals surface area contributed by atoms with Gasteiger partial charge in [0.2, 0.25) is 0 Å². The average molecular weight is 243 g/mol. The van der Waals surface area contributed by atoms with Crippen LogP contribution in [0.4, 0.5) is 0 Å². The van der Waals surface area contributed by atoms with Gasteiger partial charge in [0.25, 0.3) is 5.56 Å². The predicted octanol–water partition coefficient (Wildman–Crippen LogP) is 1.45. The average Bonchev–Trinajstić information content (AvgIpc) is 2.35. The van der Waals surface area contributed by atoms with E-state index in [9.17, 15) is 4.79 Å². The van der Waals surface area contributed by atoms with Crippen LogP contribution in [-0.4, -0.2) is 9.78 Å². The maximum atomic E-state index is 11.3. The molecule has 2 aromatic rings. The SMILES string of the molecule is Cc1ccc(C(N)c2ccc(=O)n(C)n2)cc1C. The minimum Gasteiger partial charge on any atom is -0.319 e. The van der Waals surface area contributed by atoms with Crippen LogP contribution in [0.1, 0.15) is 28.4 Å². The summed E-state index contributed by atoms with van der Waals surface area (Å²) in [5.41, 5.74) is 10.2. The summed E-state index contributed by atoms with van der Waals surface area (Å²) in [4.78, 5) is 11.3. The van der Waals surface area contributed by atoms with E-state index in [4.69, 9.17) is 5.73 Å². The van der Waals surface area contributed by atoms with E-state index in [0.29, 0.717) is 5.69 Å². The topological polar surface area (TPSA) is 60.9 Å². The van der Waals surface area contributed by atoms with Gasteiger partial charge in [-0.05, 0) is 36.6 Å². The Morgan fingerprint density at radius 2 is 1.89 bits per heavy atom. The van der Waals surface area contributed by atoms with Gasteiger partial charge in [0.1, 0.15) is 0 Å². The number of nitrogens with zero attached hydrogens (tertiary/aromatic N) is 2. The Bertz CT molecular complexity index is 631. The number of hydrogen-bond donors (Lipinski definition) is 1. The normalized spacial score (nSPS) is 12.4. The van der Waals surface area contributed by atoms with Gasteiger partial charge in [0.15, 0.2) is 0 Å². The second-order valence-corrected chi connectivity index (χ2v) is 4.54. The Morgan fingerprint density at radius 3 is 2.50 bits per heavy atom. The van der Waals surface area contributed by atoms with Crippen LogP contribution in [0.2, 0.25) is 0 Å². The summed E-state index contributed by atoms with van der Waals surface area (Å²) in [6, 6.07) is 8.97. The first kappa shape index (κ1) is 12.5. The first-order valence-corrected chi connectivity index (χ1v) is 5.86. The molecule has 0 saturated heterocycles. The molecule has 1 unspecified atom stereocenters. The van der Waals surface area contributed by atoms with Gasteiger partial charge in [-0.3, -0.25) is 4.79 Å². The quantitative estimate of drug-likeness (QED) is 0.868. The van der Waals surface area contributed by atoms with E-state index in [2.05, 4.69) is 25.0 Å². The number of rotatable bonds is 2. The Labute approximate surface area is 106 Å². The molecule has 0 aliphatic carbocycles. The first-order chi connectivity index (χ1) is 8.49. The fourth-order valence-electron chi connectivity index (χ4n) is 1.82. The third-order valence-corrected chi connectivity index (χ3v) is 3.19. The first-order valence-electron chi connectivity index (χ1n) is 5.86. The highest BCUT2D eigenvalue weighted by Crippen LogP contribution is 2.19. The molecule has 0 radical (unpaired) electrons. The fourth-order valence-corrected chi connectivity index (χ4v) is 1.82. The zero-order valence-corrected chi connectivity index (χ0v) is 10.8. The summed E-state index contributed by atoms with van der Waals surface area (Å²) in [7, 11) is 1.62. The van der Waals surface area contributed by atoms with Crippen LogP contribution in [0, 0.1) is 13.8 Å². The number of benzene rings is 1. The van der Waals surface area contributed by atoms with Gasteiger partial charge in [-0.25, -0.2) is 4.68 Å². The molecular formula is C14H17N3O. The van der Waals surface area contributed by atoms with Gasteiger partial charge in [-0.2, -0.15) is 5.10 Å². The molecule has 1 heterocycles. The second-order valence-electron chi connectivity index (χ2n) is 4.54. The molecule has 0 fully saturated rings. The monoisotopic (exact) mass is 243 g/mol. The summed E-state index contributed by atoms with van der Waals surface area (Å²) >= 11 is 0. The number of hydrogen-bond acceptors (Lipinski definition) is 3. The van der Waals surface area contributed by atoms with Crippen LogP contribution in [0.15, 0.2) is 35.1 Å². The molecule has 2 rings (SSSR count).